The third-order valence-electron chi connectivity index (χ3n) is 6.93. The van der Waals surface area contributed by atoms with E-state index < -0.39 is 5.97 Å². The molecule has 5 heteroatoms. The average Bonchev–Trinajstić information content (AvgIpc) is 2.91. The number of piperidine rings is 1. The largest absolute Gasteiger partial charge is 0.478 e. The van der Waals surface area contributed by atoms with Gasteiger partial charge in [0.15, 0.2) is 0 Å². The van der Waals surface area contributed by atoms with Crippen LogP contribution in [0.4, 0.5) is 0 Å². The van der Waals surface area contributed by atoms with Crippen LogP contribution < -0.4 is 0 Å². The van der Waals surface area contributed by atoms with E-state index >= 15 is 0 Å². The van der Waals surface area contributed by atoms with Crippen LogP contribution in [0.5, 0.6) is 0 Å². The zero-order valence-electron chi connectivity index (χ0n) is 21.1. The zero-order valence-corrected chi connectivity index (χ0v) is 21.1. The molecule has 0 unspecified atom stereocenters. The van der Waals surface area contributed by atoms with Gasteiger partial charge in [0.25, 0.3) is 5.91 Å². The number of carbonyl (C=O) groups excluding carboxylic acids is 1. The van der Waals surface area contributed by atoms with E-state index in [0.29, 0.717) is 18.7 Å². The Labute approximate surface area is 213 Å². The summed E-state index contributed by atoms with van der Waals surface area (Å²) in [6.07, 6.45) is 1.83. The Morgan fingerprint density at radius 2 is 1.39 bits per heavy atom. The van der Waals surface area contributed by atoms with Crippen LogP contribution in [0, 0.1) is 0 Å². The molecule has 0 bridgehead atoms. The third kappa shape index (κ3) is 5.92. The summed E-state index contributed by atoms with van der Waals surface area (Å²) in [5, 5.41) is 9.58. The highest BCUT2D eigenvalue weighted by atomic mass is 16.4. The number of carboxylic acid groups (broad SMARTS) is 1. The lowest BCUT2D eigenvalue weighted by atomic mass is 9.87. The van der Waals surface area contributed by atoms with Gasteiger partial charge in [-0.3, -0.25) is 9.69 Å². The maximum Gasteiger partial charge on any atom is 0.335 e. The molecule has 1 heterocycles. The Kier molecular flexibility index (Phi) is 8.34. The number of aromatic carboxylic acids is 1. The summed E-state index contributed by atoms with van der Waals surface area (Å²) in [5.41, 5.74) is 6.59. The van der Waals surface area contributed by atoms with Crippen molar-refractivity contribution < 1.29 is 14.7 Å². The van der Waals surface area contributed by atoms with Crippen molar-refractivity contribution in [3.8, 4) is 0 Å². The fourth-order valence-electron chi connectivity index (χ4n) is 4.93. The molecule has 0 aliphatic carbocycles. The number of carbonyl (C=O) groups is 2. The Morgan fingerprint density at radius 3 is 2.00 bits per heavy atom. The standard InChI is InChI=1S/C31H34N2O3/c1-3-33(4-2)30(34)26-15-13-24(14-16-26)29(27-11-8-12-28(21-27)31(35)36)25-17-19-32(20-18-25)22-23-9-6-5-7-10-23/h5-16,21H,3-4,17-20,22H2,1-2H3,(H,35,36). The van der Waals surface area contributed by atoms with Crippen molar-refractivity contribution in [3.05, 3.63) is 112 Å². The first-order valence-corrected chi connectivity index (χ1v) is 12.7. The maximum absolute atomic E-state index is 12.8. The molecule has 1 N–H and O–H groups in total. The fraction of sp³-hybridized carbons (Fsp3) is 0.290. The Morgan fingerprint density at radius 1 is 0.778 bits per heavy atom. The smallest absolute Gasteiger partial charge is 0.335 e. The van der Waals surface area contributed by atoms with Gasteiger partial charge < -0.3 is 10.0 Å². The molecule has 186 valence electrons. The fourth-order valence-corrected chi connectivity index (χ4v) is 4.93. The SMILES string of the molecule is CCN(CC)C(=O)c1ccc(C(=C2CCN(Cc3ccccc3)CC2)c2cccc(C(=O)O)c2)cc1. The highest BCUT2D eigenvalue weighted by Gasteiger charge is 2.21. The van der Waals surface area contributed by atoms with Gasteiger partial charge >= 0.3 is 5.97 Å². The minimum absolute atomic E-state index is 0.0304. The van der Waals surface area contributed by atoms with Crippen LogP contribution in [0.1, 0.15) is 64.1 Å². The van der Waals surface area contributed by atoms with E-state index in [1.165, 1.54) is 11.1 Å². The van der Waals surface area contributed by atoms with Crippen molar-refractivity contribution in [2.24, 2.45) is 0 Å². The molecule has 0 aromatic heterocycles. The molecule has 1 aliphatic rings. The molecule has 4 rings (SSSR count). The monoisotopic (exact) mass is 482 g/mol. The molecular formula is C31H34N2O3. The second kappa shape index (κ2) is 11.8. The first-order valence-electron chi connectivity index (χ1n) is 12.7. The van der Waals surface area contributed by atoms with E-state index in [4.69, 9.17) is 0 Å². The van der Waals surface area contributed by atoms with Crippen LogP contribution in [0.3, 0.4) is 0 Å². The summed E-state index contributed by atoms with van der Waals surface area (Å²) in [4.78, 5) is 28.8. The number of rotatable bonds is 8. The predicted molar refractivity (Wildman–Crippen MR) is 144 cm³/mol. The van der Waals surface area contributed by atoms with Gasteiger partial charge in [-0.1, -0.05) is 60.2 Å². The van der Waals surface area contributed by atoms with Crippen LogP contribution in [0.2, 0.25) is 0 Å². The molecule has 1 fully saturated rings. The molecule has 0 atom stereocenters. The van der Waals surface area contributed by atoms with Gasteiger partial charge in [0.05, 0.1) is 5.56 Å². The predicted octanol–water partition coefficient (Wildman–Crippen LogP) is 5.96. The lowest BCUT2D eigenvalue weighted by molar-refractivity contribution is 0.0695. The molecule has 1 aliphatic heterocycles. The van der Waals surface area contributed by atoms with Gasteiger partial charge in [0.2, 0.25) is 0 Å². The summed E-state index contributed by atoms with van der Waals surface area (Å²) < 4.78 is 0. The molecule has 0 radical (unpaired) electrons. The molecule has 5 nitrogen and oxygen atoms in total. The lowest BCUT2D eigenvalue weighted by Crippen LogP contribution is -2.30. The van der Waals surface area contributed by atoms with Crippen molar-refractivity contribution in [1.82, 2.24) is 9.80 Å². The zero-order chi connectivity index (χ0) is 25.5. The van der Waals surface area contributed by atoms with E-state index in [9.17, 15) is 14.7 Å². The number of carboxylic acids is 1. The van der Waals surface area contributed by atoms with Crippen molar-refractivity contribution in [1.29, 1.82) is 0 Å². The minimum atomic E-state index is -0.931. The highest BCUT2D eigenvalue weighted by Crippen LogP contribution is 2.33. The van der Waals surface area contributed by atoms with E-state index in [2.05, 4.69) is 29.2 Å². The Bertz CT molecular complexity index is 1220. The maximum atomic E-state index is 12.8. The quantitative estimate of drug-likeness (QED) is 0.430. The summed E-state index contributed by atoms with van der Waals surface area (Å²) in [5.74, 6) is -0.901. The van der Waals surface area contributed by atoms with Crippen molar-refractivity contribution in [2.75, 3.05) is 26.2 Å². The molecule has 1 saturated heterocycles. The Balaban J connectivity index is 1.65. The normalized spacial score (nSPS) is 13.9. The first-order chi connectivity index (χ1) is 17.5. The second-order valence-corrected chi connectivity index (χ2v) is 9.18. The number of nitrogens with zero attached hydrogens (tertiary/aromatic N) is 2. The molecule has 0 saturated carbocycles. The molecule has 3 aromatic rings. The van der Waals surface area contributed by atoms with Crippen LogP contribution in [0.25, 0.3) is 5.57 Å². The lowest BCUT2D eigenvalue weighted by Gasteiger charge is -2.30. The minimum Gasteiger partial charge on any atom is -0.478 e. The molecular weight excluding hydrogens is 448 g/mol. The van der Waals surface area contributed by atoms with Crippen LogP contribution >= 0.6 is 0 Å². The van der Waals surface area contributed by atoms with E-state index in [0.717, 1.165) is 49.2 Å². The van der Waals surface area contributed by atoms with Gasteiger partial charge in [0, 0.05) is 38.3 Å². The van der Waals surface area contributed by atoms with E-state index in [-0.39, 0.29) is 11.5 Å². The van der Waals surface area contributed by atoms with Gasteiger partial charge in [-0.2, -0.15) is 0 Å². The van der Waals surface area contributed by atoms with Crippen LogP contribution in [-0.2, 0) is 6.54 Å². The van der Waals surface area contributed by atoms with E-state index in [1.807, 2.05) is 61.2 Å². The highest BCUT2D eigenvalue weighted by molar-refractivity contribution is 5.95. The van der Waals surface area contributed by atoms with Gasteiger partial charge in [0.1, 0.15) is 0 Å². The summed E-state index contributed by atoms with van der Waals surface area (Å²) in [7, 11) is 0. The Hall–Kier alpha value is -3.70. The van der Waals surface area contributed by atoms with Crippen molar-refractivity contribution in [2.45, 2.75) is 33.2 Å². The van der Waals surface area contributed by atoms with E-state index in [1.54, 1.807) is 12.1 Å². The summed E-state index contributed by atoms with van der Waals surface area (Å²) in [6, 6.07) is 25.5. The molecule has 3 aromatic carbocycles. The first kappa shape index (κ1) is 25.4. The molecule has 36 heavy (non-hydrogen) atoms. The summed E-state index contributed by atoms with van der Waals surface area (Å²) in [6.45, 7) is 8.15. The molecule has 1 amide bonds. The number of hydrogen-bond donors (Lipinski definition) is 1. The van der Waals surface area contributed by atoms with Crippen LogP contribution in [-0.4, -0.2) is 53.0 Å². The molecule has 0 spiro atoms. The summed E-state index contributed by atoms with van der Waals surface area (Å²) >= 11 is 0. The van der Waals surface area contributed by atoms with Gasteiger partial charge in [-0.15, -0.1) is 0 Å². The second-order valence-electron chi connectivity index (χ2n) is 9.18. The topological polar surface area (TPSA) is 60.9 Å². The third-order valence-corrected chi connectivity index (χ3v) is 6.93. The average molecular weight is 483 g/mol. The number of amides is 1. The number of benzene rings is 3. The van der Waals surface area contributed by atoms with Crippen LogP contribution in [0.15, 0.2) is 84.4 Å². The van der Waals surface area contributed by atoms with Gasteiger partial charge in [-0.05, 0) is 73.2 Å². The number of hydrogen-bond acceptors (Lipinski definition) is 3. The number of likely N-dealkylation sites (tertiary alicyclic amines) is 1. The van der Waals surface area contributed by atoms with Crippen molar-refractivity contribution >= 4 is 17.4 Å². The van der Waals surface area contributed by atoms with Crippen molar-refractivity contribution in [3.63, 3.8) is 0 Å². The van der Waals surface area contributed by atoms with Gasteiger partial charge in [-0.25, -0.2) is 4.79 Å².